The van der Waals surface area contributed by atoms with Gasteiger partial charge in [0.2, 0.25) is 0 Å². The molecule has 0 saturated carbocycles. The van der Waals surface area contributed by atoms with Gasteiger partial charge in [-0.25, -0.2) is 0 Å². The Morgan fingerprint density at radius 3 is 2.57 bits per heavy atom. The second-order valence-corrected chi connectivity index (χ2v) is 8.91. The number of benzene rings is 3. The van der Waals surface area contributed by atoms with E-state index in [1.807, 2.05) is 31.2 Å². The lowest BCUT2D eigenvalue weighted by Crippen LogP contribution is -2.37. The summed E-state index contributed by atoms with van der Waals surface area (Å²) >= 11 is 5.99. The molecule has 0 aliphatic heterocycles. The van der Waals surface area contributed by atoms with E-state index >= 15 is 0 Å². The first-order chi connectivity index (χ1) is 17.8. The summed E-state index contributed by atoms with van der Waals surface area (Å²) in [5, 5.41) is 17.1. The summed E-state index contributed by atoms with van der Waals surface area (Å²) in [6.45, 7) is 1.89. The van der Waals surface area contributed by atoms with Crippen molar-refractivity contribution in [2.24, 2.45) is 0 Å². The Hall–Kier alpha value is -4.63. The van der Waals surface area contributed by atoms with Crippen LogP contribution in [0.5, 0.6) is 5.75 Å². The van der Waals surface area contributed by atoms with Crippen LogP contribution < -0.4 is 31.5 Å². The van der Waals surface area contributed by atoms with Crippen LogP contribution >= 0.6 is 11.6 Å². The summed E-state index contributed by atoms with van der Waals surface area (Å²) in [5.74, 6) is 0.648. The van der Waals surface area contributed by atoms with E-state index in [0.29, 0.717) is 38.7 Å². The Labute approximate surface area is 216 Å². The number of ether oxygens (including phenoxy) is 1. The van der Waals surface area contributed by atoms with Crippen LogP contribution in [0, 0.1) is 0 Å². The molecule has 1 heterocycles. The quantitative estimate of drug-likeness (QED) is 0.214. The third-order valence-corrected chi connectivity index (χ3v) is 6.25. The maximum atomic E-state index is 12.7. The van der Waals surface area contributed by atoms with Gasteiger partial charge in [0, 0.05) is 27.7 Å². The fraction of sp³-hybridized carbons (Fsp3) is 0.111. The highest BCUT2D eigenvalue weighted by Crippen LogP contribution is 2.30. The maximum absolute atomic E-state index is 12.7. The minimum atomic E-state index is -0.609. The number of nitrogens with zero attached hydrogens (tertiary/aromatic N) is 1. The van der Waals surface area contributed by atoms with Crippen LogP contribution in [-0.4, -0.2) is 23.2 Å². The normalized spacial score (nSPS) is 11.9. The number of aromatic nitrogens is 2. The number of aromatic amines is 1. The summed E-state index contributed by atoms with van der Waals surface area (Å²) in [5.41, 5.74) is 1.71. The first-order valence-electron chi connectivity index (χ1n) is 11.4. The van der Waals surface area contributed by atoms with Crippen molar-refractivity contribution in [3.63, 3.8) is 0 Å². The van der Waals surface area contributed by atoms with Crippen LogP contribution in [0.4, 0.5) is 22.9 Å². The third-order valence-electron chi connectivity index (χ3n) is 6.02. The molecule has 9 nitrogen and oxygen atoms in total. The van der Waals surface area contributed by atoms with Gasteiger partial charge in [-0.15, -0.1) is 0 Å². The molecule has 1 aromatic heterocycles. The molecule has 5 aromatic rings. The predicted molar refractivity (Wildman–Crippen MR) is 145 cm³/mol. The number of methoxy groups -OCH3 is 1. The fourth-order valence-electron chi connectivity index (χ4n) is 4.00. The SMILES string of the molecule is COc1cccc([C@@H](C)Nc2c(Nc3ccc4[nH]nc(NC(=O)c5cccc(Cl)c5)c4c3)c(=O)c2=O)c1. The molecule has 4 N–H and O–H groups in total. The second-order valence-electron chi connectivity index (χ2n) is 8.47. The average molecular weight is 516 g/mol. The number of fused-ring (bicyclic) bond motifs is 1. The standard InChI is InChI=1S/C27H22ClN5O4/c1-14(15-5-4-8-19(12-15)37-2)29-22-23(25(35)24(22)34)30-18-9-10-21-20(13-18)26(33-32-21)31-27(36)16-6-3-7-17(28)11-16/h3-14,29-30H,1-2H3,(H2,31,32,33,36)/t14-/m1/s1. The largest absolute Gasteiger partial charge is 0.497 e. The minimum absolute atomic E-state index is 0.173. The van der Waals surface area contributed by atoms with Crippen LogP contribution in [0.1, 0.15) is 28.9 Å². The number of halogens is 1. The zero-order valence-corrected chi connectivity index (χ0v) is 20.6. The first-order valence-corrected chi connectivity index (χ1v) is 11.8. The summed E-state index contributed by atoms with van der Waals surface area (Å²) in [7, 11) is 1.58. The summed E-state index contributed by atoms with van der Waals surface area (Å²) < 4.78 is 5.27. The molecular weight excluding hydrogens is 494 g/mol. The Bertz CT molecular complexity index is 1700. The number of rotatable bonds is 8. The van der Waals surface area contributed by atoms with Gasteiger partial charge in [0.15, 0.2) is 5.82 Å². The molecule has 1 amide bonds. The van der Waals surface area contributed by atoms with Gasteiger partial charge in [-0.05, 0) is 61.0 Å². The summed E-state index contributed by atoms with van der Waals surface area (Å²) in [6, 6.07) is 19.0. The molecule has 0 bridgehead atoms. The van der Waals surface area contributed by atoms with E-state index < -0.39 is 10.9 Å². The zero-order valence-electron chi connectivity index (χ0n) is 19.9. The van der Waals surface area contributed by atoms with Crippen LogP contribution in [0.25, 0.3) is 10.9 Å². The van der Waals surface area contributed by atoms with Gasteiger partial charge >= 0.3 is 0 Å². The highest BCUT2D eigenvalue weighted by atomic mass is 35.5. The van der Waals surface area contributed by atoms with E-state index in [1.54, 1.807) is 49.6 Å². The molecular formula is C27H22ClN5O4. The van der Waals surface area contributed by atoms with Gasteiger partial charge in [0.1, 0.15) is 17.1 Å². The van der Waals surface area contributed by atoms with Crippen molar-refractivity contribution < 1.29 is 9.53 Å². The molecule has 1 atom stereocenters. The Morgan fingerprint density at radius 2 is 1.78 bits per heavy atom. The Morgan fingerprint density at radius 1 is 1.00 bits per heavy atom. The van der Waals surface area contributed by atoms with Gasteiger partial charge in [0.05, 0.1) is 12.6 Å². The van der Waals surface area contributed by atoms with Crippen molar-refractivity contribution in [2.45, 2.75) is 13.0 Å². The number of carbonyl (C=O) groups is 1. The molecule has 10 heteroatoms. The Kier molecular flexibility index (Phi) is 6.37. The van der Waals surface area contributed by atoms with E-state index in [0.717, 1.165) is 5.56 Å². The van der Waals surface area contributed by atoms with E-state index in [1.165, 1.54) is 0 Å². The highest BCUT2D eigenvalue weighted by Gasteiger charge is 2.23. The van der Waals surface area contributed by atoms with Crippen LogP contribution in [0.2, 0.25) is 5.02 Å². The molecule has 0 saturated heterocycles. The molecule has 37 heavy (non-hydrogen) atoms. The predicted octanol–water partition coefficient (Wildman–Crippen LogP) is 4.99. The van der Waals surface area contributed by atoms with E-state index in [9.17, 15) is 14.4 Å². The lowest BCUT2D eigenvalue weighted by molar-refractivity contribution is 0.102. The molecule has 0 aliphatic carbocycles. The lowest BCUT2D eigenvalue weighted by Gasteiger charge is -2.20. The molecule has 4 aromatic carbocycles. The highest BCUT2D eigenvalue weighted by molar-refractivity contribution is 6.31. The molecule has 0 aliphatic rings. The van der Waals surface area contributed by atoms with Gasteiger partial charge in [0.25, 0.3) is 16.8 Å². The first kappa shape index (κ1) is 24.1. The van der Waals surface area contributed by atoms with Crippen molar-refractivity contribution in [1.82, 2.24) is 10.2 Å². The monoisotopic (exact) mass is 515 g/mol. The van der Waals surface area contributed by atoms with Gasteiger partial charge in [-0.2, -0.15) is 5.10 Å². The van der Waals surface area contributed by atoms with Crippen LogP contribution in [-0.2, 0) is 0 Å². The topological polar surface area (TPSA) is 125 Å². The van der Waals surface area contributed by atoms with Gasteiger partial charge in [-0.1, -0.05) is 29.8 Å². The number of H-pyrrole nitrogens is 1. The molecule has 0 spiro atoms. The molecule has 0 fully saturated rings. The van der Waals surface area contributed by atoms with E-state index in [-0.39, 0.29) is 23.3 Å². The van der Waals surface area contributed by atoms with Gasteiger partial charge < -0.3 is 20.7 Å². The van der Waals surface area contributed by atoms with Crippen molar-refractivity contribution in [3.05, 3.63) is 103 Å². The van der Waals surface area contributed by atoms with E-state index in [4.69, 9.17) is 16.3 Å². The Balaban J connectivity index is 1.37. The number of hydrogen-bond acceptors (Lipinski definition) is 7. The van der Waals surface area contributed by atoms with Crippen molar-refractivity contribution in [3.8, 4) is 5.75 Å². The lowest BCUT2D eigenvalue weighted by atomic mass is 10.1. The average Bonchev–Trinajstić information content (AvgIpc) is 3.32. The second kappa shape index (κ2) is 9.79. The number of anilines is 4. The smallest absolute Gasteiger partial charge is 0.256 e. The van der Waals surface area contributed by atoms with Crippen LogP contribution in [0.3, 0.4) is 0 Å². The molecule has 0 radical (unpaired) electrons. The number of hydrogen-bond donors (Lipinski definition) is 4. The third kappa shape index (κ3) is 4.76. The molecule has 0 unspecified atom stereocenters. The fourth-order valence-corrected chi connectivity index (χ4v) is 4.19. The maximum Gasteiger partial charge on any atom is 0.256 e. The van der Waals surface area contributed by atoms with E-state index in [2.05, 4.69) is 26.1 Å². The summed E-state index contributed by atoms with van der Waals surface area (Å²) in [4.78, 5) is 37.4. The zero-order chi connectivity index (χ0) is 26.1. The number of nitrogens with one attached hydrogen (secondary N) is 4. The molecule has 5 rings (SSSR count). The van der Waals surface area contributed by atoms with Crippen molar-refractivity contribution in [1.29, 1.82) is 0 Å². The van der Waals surface area contributed by atoms with Crippen molar-refractivity contribution in [2.75, 3.05) is 23.1 Å². The van der Waals surface area contributed by atoms with Gasteiger partial charge in [-0.3, -0.25) is 19.5 Å². The minimum Gasteiger partial charge on any atom is -0.497 e. The number of carbonyl (C=O) groups excluding carboxylic acids is 1. The van der Waals surface area contributed by atoms with Crippen LogP contribution in [0.15, 0.2) is 76.3 Å². The molecule has 186 valence electrons. The summed E-state index contributed by atoms with van der Waals surface area (Å²) in [6.07, 6.45) is 0. The van der Waals surface area contributed by atoms with Crippen molar-refractivity contribution >= 4 is 51.3 Å². The number of amides is 1.